The SMILES string of the molecule is CCN(Cc1ccncc1)C(=O)NCc1cc2c(cc1OC)OCCO2. The molecule has 2 heterocycles. The van der Waals surface area contributed by atoms with Gasteiger partial charge in [-0.25, -0.2) is 4.79 Å². The smallest absolute Gasteiger partial charge is 0.317 e. The van der Waals surface area contributed by atoms with E-state index in [1.165, 1.54) is 0 Å². The van der Waals surface area contributed by atoms with E-state index in [9.17, 15) is 4.79 Å². The Kier molecular flexibility index (Phi) is 5.78. The van der Waals surface area contributed by atoms with Crippen LogP contribution in [0.25, 0.3) is 0 Å². The van der Waals surface area contributed by atoms with Crippen molar-refractivity contribution in [2.45, 2.75) is 20.0 Å². The second-order valence-corrected chi connectivity index (χ2v) is 5.84. The summed E-state index contributed by atoms with van der Waals surface area (Å²) in [4.78, 5) is 18.3. The normalized spacial score (nSPS) is 12.4. The van der Waals surface area contributed by atoms with Gasteiger partial charge < -0.3 is 24.4 Å². The van der Waals surface area contributed by atoms with E-state index in [2.05, 4.69) is 10.3 Å². The van der Waals surface area contributed by atoms with Gasteiger partial charge in [0.1, 0.15) is 19.0 Å². The first-order valence-corrected chi connectivity index (χ1v) is 8.59. The van der Waals surface area contributed by atoms with Crippen molar-refractivity contribution in [3.8, 4) is 17.2 Å². The molecule has 1 aromatic heterocycles. The first-order chi connectivity index (χ1) is 12.7. The van der Waals surface area contributed by atoms with E-state index >= 15 is 0 Å². The summed E-state index contributed by atoms with van der Waals surface area (Å²) in [6.07, 6.45) is 3.45. The largest absolute Gasteiger partial charge is 0.496 e. The first-order valence-electron chi connectivity index (χ1n) is 8.59. The second-order valence-electron chi connectivity index (χ2n) is 5.84. The van der Waals surface area contributed by atoms with Gasteiger partial charge in [0, 0.05) is 43.7 Å². The van der Waals surface area contributed by atoms with Crippen LogP contribution in [-0.4, -0.2) is 42.8 Å². The van der Waals surface area contributed by atoms with Crippen molar-refractivity contribution >= 4 is 6.03 Å². The highest BCUT2D eigenvalue weighted by Gasteiger charge is 2.18. The number of benzene rings is 1. The molecule has 2 amide bonds. The molecule has 1 aliphatic heterocycles. The fraction of sp³-hybridized carbons (Fsp3) is 0.368. The van der Waals surface area contributed by atoms with Crippen molar-refractivity contribution in [3.63, 3.8) is 0 Å². The second kappa shape index (κ2) is 8.42. The Labute approximate surface area is 152 Å². The summed E-state index contributed by atoms with van der Waals surface area (Å²) in [7, 11) is 1.60. The zero-order valence-electron chi connectivity index (χ0n) is 15.0. The average Bonchev–Trinajstić information content (AvgIpc) is 2.70. The highest BCUT2D eigenvalue weighted by molar-refractivity contribution is 5.74. The summed E-state index contributed by atoms with van der Waals surface area (Å²) in [5.41, 5.74) is 1.87. The molecule has 3 rings (SSSR count). The summed E-state index contributed by atoms with van der Waals surface area (Å²) in [6.45, 7) is 4.46. The van der Waals surface area contributed by atoms with Gasteiger partial charge in [0.25, 0.3) is 0 Å². The molecule has 1 aliphatic rings. The Hall–Kier alpha value is -2.96. The molecular formula is C19H23N3O4. The molecule has 1 N–H and O–H groups in total. The number of carbonyl (C=O) groups excluding carboxylic acids is 1. The molecular weight excluding hydrogens is 334 g/mol. The van der Waals surface area contributed by atoms with Gasteiger partial charge in [0.05, 0.1) is 7.11 Å². The number of nitrogens with one attached hydrogen (secondary N) is 1. The maximum Gasteiger partial charge on any atom is 0.317 e. The third-order valence-corrected chi connectivity index (χ3v) is 4.17. The predicted octanol–water partition coefficient (Wildman–Crippen LogP) is 2.59. The van der Waals surface area contributed by atoms with Gasteiger partial charge in [-0.2, -0.15) is 0 Å². The Morgan fingerprint density at radius 1 is 1.23 bits per heavy atom. The summed E-state index contributed by atoms with van der Waals surface area (Å²) < 4.78 is 16.6. The van der Waals surface area contributed by atoms with Crippen molar-refractivity contribution in [2.75, 3.05) is 26.9 Å². The van der Waals surface area contributed by atoms with Gasteiger partial charge in [-0.05, 0) is 30.7 Å². The Balaban J connectivity index is 1.66. The molecule has 0 fully saturated rings. The Bertz CT molecular complexity index is 752. The van der Waals surface area contributed by atoms with Crippen molar-refractivity contribution in [2.24, 2.45) is 0 Å². The lowest BCUT2D eigenvalue weighted by molar-refractivity contribution is 0.170. The van der Waals surface area contributed by atoms with E-state index in [1.54, 1.807) is 30.5 Å². The molecule has 0 aliphatic carbocycles. The van der Waals surface area contributed by atoms with Crippen molar-refractivity contribution in [1.29, 1.82) is 0 Å². The fourth-order valence-electron chi connectivity index (χ4n) is 2.76. The van der Waals surface area contributed by atoms with Crippen LogP contribution in [0.5, 0.6) is 17.2 Å². The summed E-state index contributed by atoms with van der Waals surface area (Å²) >= 11 is 0. The van der Waals surface area contributed by atoms with Gasteiger partial charge in [0.15, 0.2) is 11.5 Å². The molecule has 1 aromatic carbocycles. The van der Waals surface area contributed by atoms with E-state index in [4.69, 9.17) is 14.2 Å². The van der Waals surface area contributed by atoms with Crippen LogP contribution in [0.4, 0.5) is 4.79 Å². The lowest BCUT2D eigenvalue weighted by Gasteiger charge is -2.23. The van der Waals surface area contributed by atoms with Gasteiger partial charge in [-0.15, -0.1) is 0 Å². The molecule has 138 valence electrons. The summed E-state index contributed by atoms with van der Waals surface area (Å²) in [6, 6.07) is 7.32. The van der Waals surface area contributed by atoms with E-state index in [1.807, 2.05) is 25.1 Å². The number of fused-ring (bicyclic) bond motifs is 1. The van der Waals surface area contributed by atoms with E-state index in [0.717, 1.165) is 11.1 Å². The predicted molar refractivity (Wildman–Crippen MR) is 96.5 cm³/mol. The lowest BCUT2D eigenvalue weighted by Crippen LogP contribution is -2.39. The highest BCUT2D eigenvalue weighted by Crippen LogP contribution is 2.36. The number of rotatable bonds is 6. The highest BCUT2D eigenvalue weighted by atomic mass is 16.6. The molecule has 7 nitrogen and oxygen atoms in total. The number of amides is 2. The van der Waals surface area contributed by atoms with Gasteiger partial charge in [0.2, 0.25) is 0 Å². The molecule has 0 saturated heterocycles. The maximum atomic E-state index is 12.5. The van der Waals surface area contributed by atoms with Gasteiger partial charge in [-0.1, -0.05) is 0 Å². The summed E-state index contributed by atoms with van der Waals surface area (Å²) in [5.74, 6) is 1.99. The maximum absolute atomic E-state index is 12.5. The zero-order valence-corrected chi connectivity index (χ0v) is 15.0. The molecule has 0 atom stereocenters. The molecule has 0 radical (unpaired) electrons. The third-order valence-electron chi connectivity index (χ3n) is 4.17. The van der Waals surface area contributed by atoms with Gasteiger partial charge in [-0.3, -0.25) is 4.98 Å². The monoisotopic (exact) mass is 357 g/mol. The quantitative estimate of drug-likeness (QED) is 0.860. The third kappa shape index (κ3) is 4.17. The molecule has 0 saturated carbocycles. The minimum Gasteiger partial charge on any atom is -0.496 e. The van der Waals surface area contributed by atoms with Crippen LogP contribution in [0.1, 0.15) is 18.1 Å². The van der Waals surface area contributed by atoms with Crippen LogP contribution in [0.15, 0.2) is 36.7 Å². The minimum atomic E-state index is -0.138. The number of hydrogen-bond donors (Lipinski definition) is 1. The Morgan fingerprint density at radius 3 is 2.58 bits per heavy atom. The zero-order chi connectivity index (χ0) is 18.4. The van der Waals surface area contributed by atoms with Crippen LogP contribution < -0.4 is 19.5 Å². The van der Waals surface area contributed by atoms with E-state index in [0.29, 0.717) is 50.1 Å². The number of pyridine rings is 1. The van der Waals surface area contributed by atoms with Crippen LogP contribution >= 0.6 is 0 Å². The summed E-state index contributed by atoms with van der Waals surface area (Å²) in [5, 5.41) is 2.95. The Morgan fingerprint density at radius 2 is 1.92 bits per heavy atom. The minimum absolute atomic E-state index is 0.138. The molecule has 2 aromatic rings. The van der Waals surface area contributed by atoms with Crippen LogP contribution in [0.3, 0.4) is 0 Å². The van der Waals surface area contributed by atoms with Gasteiger partial charge >= 0.3 is 6.03 Å². The standard InChI is InChI=1S/C19H23N3O4/c1-3-22(13-14-4-6-20-7-5-14)19(23)21-12-15-10-17-18(11-16(15)24-2)26-9-8-25-17/h4-7,10-11H,3,8-9,12-13H2,1-2H3,(H,21,23). The van der Waals surface area contributed by atoms with Crippen molar-refractivity contribution in [1.82, 2.24) is 15.2 Å². The number of aromatic nitrogens is 1. The molecule has 0 bridgehead atoms. The van der Waals surface area contributed by atoms with Crippen molar-refractivity contribution in [3.05, 3.63) is 47.8 Å². The van der Waals surface area contributed by atoms with Crippen molar-refractivity contribution < 1.29 is 19.0 Å². The van der Waals surface area contributed by atoms with Crippen LogP contribution in [-0.2, 0) is 13.1 Å². The van der Waals surface area contributed by atoms with E-state index in [-0.39, 0.29) is 6.03 Å². The molecule has 26 heavy (non-hydrogen) atoms. The number of nitrogens with zero attached hydrogens (tertiary/aromatic N) is 2. The molecule has 7 heteroatoms. The average molecular weight is 357 g/mol. The first kappa shape index (κ1) is 17.8. The molecule has 0 spiro atoms. The van der Waals surface area contributed by atoms with Crippen LogP contribution in [0, 0.1) is 0 Å². The van der Waals surface area contributed by atoms with E-state index < -0.39 is 0 Å². The number of methoxy groups -OCH3 is 1. The fourth-order valence-corrected chi connectivity index (χ4v) is 2.76. The number of hydrogen-bond acceptors (Lipinski definition) is 5. The topological polar surface area (TPSA) is 72.9 Å². The van der Waals surface area contributed by atoms with Crippen LogP contribution in [0.2, 0.25) is 0 Å². The lowest BCUT2D eigenvalue weighted by atomic mass is 10.1. The number of urea groups is 1. The number of ether oxygens (including phenoxy) is 3. The number of carbonyl (C=O) groups is 1. The molecule has 0 unspecified atom stereocenters.